The summed E-state index contributed by atoms with van der Waals surface area (Å²) in [5.41, 5.74) is 3.20. The third-order valence-electron chi connectivity index (χ3n) is 4.58. The monoisotopic (exact) mass is 382 g/mol. The van der Waals surface area contributed by atoms with E-state index in [4.69, 9.17) is 0 Å². The third kappa shape index (κ3) is 5.13. The molecule has 27 heavy (non-hydrogen) atoms. The van der Waals surface area contributed by atoms with Gasteiger partial charge in [-0.3, -0.25) is 9.59 Å². The maximum Gasteiger partial charge on any atom is 0.238 e. The Bertz CT molecular complexity index is 817. The second-order valence-electron chi connectivity index (χ2n) is 7.42. The Morgan fingerprint density at radius 3 is 2.52 bits per heavy atom. The van der Waals surface area contributed by atoms with Crippen molar-refractivity contribution in [3.05, 3.63) is 59.7 Å². The van der Waals surface area contributed by atoms with Crippen molar-refractivity contribution in [2.75, 3.05) is 5.32 Å². The first kappa shape index (κ1) is 19.5. The number of hydrogen-bond donors (Lipinski definition) is 2. The summed E-state index contributed by atoms with van der Waals surface area (Å²) >= 11 is 1.45. The van der Waals surface area contributed by atoms with Crippen LogP contribution >= 0.6 is 11.8 Å². The molecule has 3 rings (SSSR count). The Labute approximate surface area is 165 Å². The number of para-hydroxylation sites is 1. The normalized spacial score (nSPS) is 17.2. The van der Waals surface area contributed by atoms with Crippen LogP contribution in [0, 0.1) is 5.92 Å². The van der Waals surface area contributed by atoms with Gasteiger partial charge in [-0.1, -0.05) is 50.2 Å². The van der Waals surface area contributed by atoms with Gasteiger partial charge >= 0.3 is 0 Å². The van der Waals surface area contributed by atoms with E-state index in [0.29, 0.717) is 5.92 Å². The molecule has 1 heterocycles. The largest absolute Gasteiger partial charge is 0.350 e. The zero-order valence-electron chi connectivity index (χ0n) is 16.0. The Morgan fingerprint density at radius 1 is 1.11 bits per heavy atom. The third-order valence-corrected chi connectivity index (χ3v) is 5.85. The smallest absolute Gasteiger partial charge is 0.238 e. The molecule has 0 spiro atoms. The Kier molecular flexibility index (Phi) is 6.22. The molecular formula is C22H26N2O2S. The topological polar surface area (TPSA) is 58.2 Å². The molecule has 1 aliphatic heterocycles. The fourth-order valence-corrected chi connectivity index (χ4v) is 4.30. The highest BCUT2D eigenvalue weighted by molar-refractivity contribution is 8.01. The van der Waals surface area contributed by atoms with E-state index in [-0.39, 0.29) is 24.3 Å². The van der Waals surface area contributed by atoms with E-state index in [1.807, 2.05) is 31.2 Å². The van der Waals surface area contributed by atoms with Crippen LogP contribution in [-0.2, 0) is 16.0 Å². The average molecular weight is 383 g/mol. The van der Waals surface area contributed by atoms with E-state index >= 15 is 0 Å². The van der Waals surface area contributed by atoms with E-state index in [9.17, 15) is 9.59 Å². The van der Waals surface area contributed by atoms with Crippen LogP contribution in [0.25, 0.3) is 0 Å². The molecule has 0 fully saturated rings. The van der Waals surface area contributed by atoms with E-state index in [2.05, 4.69) is 48.7 Å². The lowest BCUT2D eigenvalue weighted by Gasteiger charge is -2.24. The molecule has 2 N–H and O–H groups in total. The van der Waals surface area contributed by atoms with Crippen LogP contribution in [0.15, 0.2) is 53.4 Å². The molecule has 5 heteroatoms. The Balaban J connectivity index is 1.56. The van der Waals surface area contributed by atoms with Crippen molar-refractivity contribution in [2.24, 2.45) is 5.92 Å². The van der Waals surface area contributed by atoms with Crippen molar-refractivity contribution in [1.29, 1.82) is 0 Å². The van der Waals surface area contributed by atoms with Crippen LogP contribution in [0.5, 0.6) is 0 Å². The van der Waals surface area contributed by atoms with Crippen LogP contribution in [0.1, 0.15) is 44.4 Å². The second-order valence-corrected chi connectivity index (χ2v) is 8.67. The summed E-state index contributed by atoms with van der Waals surface area (Å²) in [6, 6.07) is 16.0. The van der Waals surface area contributed by atoms with Gasteiger partial charge in [-0.2, -0.15) is 0 Å². The SMILES string of the molecule is CC(C)Cc1ccc([C@@H](C)NC(=O)C[C@@H]2Sc3ccccc3NC2=O)cc1. The molecule has 0 saturated carbocycles. The summed E-state index contributed by atoms with van der Waals surface area (Å²) < 4.78 is 0. The van der Waals surface area contributed by atoms with Gasteiger partial charge in [0.1, 0.15) is 0 Å². The molecule has 142 valence electrons. The molecule has 0 bridgehead atoms. The minimum Gasteiger partial charge on any atom is -0.350 e. The molecular weight excluding hydrogens is 356 g/mol. The number of rotatable bonds is 6. The second kappa shape index (κ2) is 8.61. The molecule has 2 aromatic carbocycles. The van der Waals surface area contributed by atoms with Crippen LogP contribution in [0.2, 0.25) is 0 Å². The van der Waals surface area contributed by atoms with Gasteiger partial charge in [0, 0.05) is 11.3 Å². The highest BCUT2D eigenvalue weighted by Crippen LogP contribution is 2.36. The number of carbonyl (C=O) groups is 2. The van der Waals surface area contributed by atoms with Gasteiger partial charge in [0.15, 0.2) is 0 Å². The minimum absolute atomic E-state index is 0.0884. The van der Waals surface area contributed by atoms with Crippen LogP contribution < -0.4 is 10.6 Å². The molecule has 0 aromatic heterocycles. The summed E-state index contributed by atoms with van der Waals surface area (Å²) in [5, 5.41) is 5.50. The standard InChI is InChI=1S/C22H26N2O2S/c1-14(2)12-16-8-10-17(11-9-16)15(3)23-21(25)13-20-22(26)24-18-6-4-5-7-19(18)27-20/h4-11,14-15,20H,12-13H2,1-3H3,(H,23,25)(H,24,26)/t15-,20+/m1/s1. The number of carbonyl (C=O) groups excluding carboxylic acids is 2. The van der Waals surface area contributed by atoms with Gasteiger partial charge in [0.25, 0.3) is 0 Å². The van der Waals surface area contributed by atoms with E-state index in [1.165, 1.54) is 17.3 Å². The van der Waals surface area contributed by atoms with Gasteiger partial charge in [-0.15, -0.1) is 11.8 Å². The highest BCUT2D eigenvalue weighted by atomic mass is 32.2. The van der Waals surface area contributed by atoms with Crippen LogP contribution in [0.3, 0.4) is 0 Å². The Hall–Kier alpha value is -2.27. The molecule has 2 amide bonds. The quantitative estimate of drug-likeness (QED) is 0.770. The van der Waals surface area contributed by atoms with Crippen molar-refractivity contribution in [3.8, 4) is 0 Å². The number of anilines is 1. The van der Waals surface area contributed by atoms with Crippen molar-refractivity contribution in [1.82, 2.24) is 5.32 Å². The molecule has 0 aliphatic carbocycles. The van der Waals surface area contributed by atoms with Gasteiger partial charge in [0.2, 0.25) is 11.8 Å². The molecule has 2 atom stereocenters. The van der Waals surface area contributed by atoms with Crippen LogP contribution in [-0.4, -0.2) is 17.1 Å². The van der Waals surface area contributed by atoms with Crippen molar-refractivity contribution in [2.45, 2.75) is 49.8 Å². The summed E-state index contributed by atoms with van der Waals surface area (Å²) in [6.45, 7) is 6.38. The lowest BCUT2D eigenvalue weighted by atomic mass is 10.00. The summed E-state index contributed by atoms with van der Waals surface area (Å²) in [7, 11) is 0. The lowest BCUT2D eigenvalue weighted by Crippen LogP contribution is -2.35. The first-order chi connectivity index (χ1) is 12.9. The number of hydrogen-bond acceptors (Lipinski definition) is 3. The van der Waals surface area contributed by atoms with Crippen LogP contribution in [0.4, 0.5) is 5.69 Å². The summed E-state index contributed by atoms with van der Waals surface area (Å²) in [5.74, 6) is 0.401. The van der Waals surface area contributed by atoms with E-state index < -0.39 is 5.25 Å². The average Bonchev–Trinajstić information content (AvgIpc) is 2.62. The first-order valence-corrected chi connectivity index (χ1v) is 10.2. The summed E-state index contributed by atoms with van der Waals surface area (Å²) in [4.78, 5) is 25.7. The zero-order chi connectivity index (χ0) is 19.4. The molecule has 2 aromatic rings. The van der Waals surface area contributed by atoms with Crippen molar-refractivity contribution >= 4 is 29.3 Å². The predicted molar refractivity (Wildman–Crippen MR) is 111 cm³/mol. The van der Waals surface area contributed by atoms with Crippen molar-refractivity contribution in [3.63, 3.8) is 0 Å². The van der Waals surface area contributed by atoms with Gasteiger partial charge in [0.05, 0.1) is 17.0 Å². The van der Waals surface area contributed by atoms with Gasteiger partial charge in [-0.25, -0.2) is 0 Å². The summed E-state index contributed by atoms with van der Waals surface area (Å²) in [6.07, 6.45) is 1.22. The number of fused-ring (bicyclic) bond motifs is 1. The molecule has 0 unspecified atom stereocenters. The number of thioether (sulfide) groups is 1. The fraction of sp³-hybridized carbons (Fsp3) is 0.364. The number of benzene rings is 2. The first-order valence-electron chi connectivity index (χ1n) is 9.37. The highest BCUT2D eigenvalue weighted by Gasteiger charge is 2.29. The van der Waals surface area contributed by atoms with E-state index in [1.54, 1.807) is 0 Å². The molecule has 0 saturated heterocycles. The van der Waals surface area contributed by atoms with Gasteiger partial charge < -0.3 is 10.6 Å². The van der Waals surface area contributed by atoms with E-state index in [0.717, 1.165) is 22.6 Å². The van der Waals surface area contributed by atoms with Crippen molar-refractivity contribution < 1.29 is 9.59 Å². The van der Waals surface area contributed by atoms with Gasteiger partial charge in [-0.05, 0) is 42.5 Å². The minimum atomic E-state index is -0.402. The molecule has 1 aliphatic rings. The predicted octanol–water partition coefficient (Wildman–Crippen LogP) is 4.57. The maximum atomic E-state index is 12.5. The maximum absolute atomic E-state index is 12.5. The Morgan fingerprint density at radius 2 is 1.81 bits per heavy atom. The fourth-order valence-electron chi connectivity index (χ4n) is 3.19. The number of nitrogens with one attached hydrogen (secondary N) is 2. The lowest BCUT2D eigenvalue weighted by molar-refractivity contribution is -0.124. The molecule has 4 nitrogen and oxygen atoms in total. The molecule has 0 radical (unpaired) electrons. The number of amides is 2. The zero-order valence-corrected chi connectivity index (χ0v) is 16.8.